The topological polar surface area (TPSA) is 70.2 Å². The lowest BCUT2D eigenvalue weighted by atomic mass is 10.2. The fraction of sp³-hybridized carbons (Fsp3) is 0.200. The summed E-state index contributed by atoms with van der Waals surface area (Å²) in [4.78, 5) is 22.4. The molecule has 1 unspecified atom stereocenters. The number of nitrogens with one attached hydrogen (secondary N) is 3. The molecular formula is C10H9BrClN3O2. The predicted molar refractivity (Wildman–Crippen MR) is 68.1 cm³/mol. The van der Waals surface area contributed by atoms with Crippen LogP contribution in [-0.4, -0.2) is 24.5 Å². The van der Waals surface area contributed by atoms with Crippen molar-refractivity contribution in [3.8, 4) is 0 Å². The highest BCUT2D eigenvalue weighted by molar-refractivity contribution is 9.10. The normalized spacial score (nSPS) is 19.5. The van der Waals surface area contributed by atoms with Crippen molar-refractivity contribution >= 4 is 45.2 Å². The van der Waals surface area contributed by atoms with Crippen LogP contribution in [-0.2, 0) is 4.79 Å². The standard InChI is InChI=1S/C10H9BrClN3O2/c11-5-1-2-7(6(12)3-5)14-8-4-13-10(17)15-9(8)16/h1-3,8,14H,4H2,(H2,13,15,16,17). The number of halogens is 2. The third-order valence-electron chi connectivity index (χ3n) is 2.28. The number of amides is 3. The molecule has 2 rings (SSSR count). The highest BCUT2D eigenvalue weighted by Gasteiger charge is 2.26. The molecule has 5 nitrogen and oxygen atoms in total. The van der Waals surface area contributed by atoms with Crippen LogP contribution >= 0.6 is 27.5 Å². The van der Waals surface area contributed by atoms with Crippen molar-refractivity contribution in [2.75, 3.05) is 11.9 Å². The maximum Gasteiger partial charge on any atom is 0.321 e. The largest absolute Gasteiger partial charge is 0.371 e. The summed E-state index contributed by atoms with van der Waals surface area (Å²) >= 11 is 9.31. The zero-order valence-electron chi connectivity index (χ0n) is 8.59. The van der Waals surface area contributed by atoms with Crippen LogP contribution in [0.1, 0.15) is 0 Å². The van der Waals surface area contributed by atoms with E-state index in [-0.39, 0.29) is 12.5 Å². The Balaban J connectivity index is 2.10. The summed E-state index contributed by atoms with van der Waals surface area (Å²) in [6.07, 6.45) is 0. The second-order valence-electron chi connectivity index (χ2n) is 3.52. The van der Waals surface area contributed by atoms with Gasteiger partial charge in [-0.05, 0) is 18.2 Å². The highest BCUT2D eigenvalue weighted by atomic mass is 79.9. The van der Waals surface area contributed by atoms with Crippen LogP contribution in [0.25, 0.3) is 0 Å². The molecule has 1 aliphatic rings. The molecule has 7 heteroatoms. The number of carbonyl (C=O) groups excluding carboxylic acids is 2. The fourth-order valence-corrected chi connectivity index (χ4v) is 2.17. The number of imide groups is 1. The van der Waals surface area contributed by atoms with E-state index in [1.54, 1.807) is 12.1 Å². The summed E-state index contributed by atoms with van der Waals surface area (Å²) in [5.74, 6) is -0.368. The highest BCUT2D eigenvalue weighted by Crippen LogP contribution is 2.26. The summed E-state index contributed by atoms with van der Waals surface area (Å²) in [5.41, 5.74) is 0.645. The molecule has 1 atom stereocenters. The van der Waals surface area contributed by atoms with Crippen LogP contribution < -0.4 is 16.0 Å². The van der Waals surface area contributed by atoms with Crippen LogP contribution in [0.5, 0.6) is 0 Å². The molecule has 1 heterocycles. The van der Waals surface area contributed by atoms with E-state index in [1.807, 2.05) is 6.07 Å². The molecule has 1 aromatic rings. The van der Waals surface area contributed by atoms with Gasteiger partial charge in [0.05, 0.1) is 10.7 Å². The van der Waals surface area contributed by atoms with Crippen LogP contribution in [0, 0.1) is 0 Å². The number of anilines is 1. The molecule has 1 fully saturated rings. The van der Waals surface area contributed by atoms with Crippen LogP contribution in [0.4, 0.5) is 10.5 Å². The third-order valence-corrected chi connectivity index (χ3v) is 3.09. The van der Waals surface area contributed by atoms with E-state index in [4.69, 9.17) is 11.6 Å². The van der Waals surface area contributed by atoms with Gasteiger partial charge in [0.1, 0.15) is 6.04 Å². The Morgan fingerprint density at radius 2 is 2.18 bits per heavy atom. The van der Waals surface area contributed by atoms with Gasteiger partial charge in [0.15, 0.2) is 0 Å². The van der Waals surface area contributed by atoms with E-state index < -0.39 is 12.1 Å². The molecule has 0 aromatic heterocycles. The molecule has 90 valence electrons. The zero-order valence-corrected chi connectivity index (χ0v) is 10.9. The molecule has 3 N–H and O–H groups in total. The SMILES string of the molecule is O=C1NCC(Nc2ccc(Br)cc2Cl)C(=O)N1. The molecule has 3 amide bonds. The lowest BCUT2D eigenvalue weighted by Crippen LogP contribution is -2.57. The number of hydrogen-bond donors (Lipinski definition) is 3. The van der Waals surface area contributed by atoms with Crippen molar-refractivity contribution in [1.29, 1.82) is 0 Å². The second-order valence-corrected chi connectivity index (χ2v) is 4.84. The molecule has 1 saturated heterocycles. The Kier molecular flexibility index (Phi) is 3.54. The van der Waals surface area contributed by atoms with Crippen LogP contribution in [0.15, 0.2) is 22.7 Å². The Hall–Kier alpha value is -1.27. The number of benzene rings is 1. The number of hydrogen-bond acceptors (Lipinski definition) is 3. The van der Waals surface area contributed by atoms with Crippen molar-refractivity contribution < 1.29 is 9.59 Å². The number of rotatable bonds is 2. The molecule has 0 radical (unpaired) electrons. The van der Waals surface area contributed by atoms with Gasteiger partial charge in [-0.25, -0.2) is 4.79 Å². The van der Waals surface area contributed by atoms with Crippen molar-refractivity contribution in [1.82, 2.24) is 10.6 Å². The van der Waals surface area contributed by atoms with Crippen molar-refractivity contribution in [2.45, 2.75) is 6.04 Å². The average Bonchev–Trinajstić information content (AvgIpc) is 2.25. The quantitative estimate of drug-likeness (QED) is 0.777. The van der Waals surface area contributed by atoms with Gasteiger partial charge in [-0.15, -0.1) is 0 Å². The molecule has 0 bridgehead atoms. The maximum atomic E-state index is 11.5. The lowest BCUT2D eigenvalue weighted by molar-refractivity contribution is -0.121. The molecule has 0 saturated carbocycles. The van der Waals surface area contributed by atoms with Crippen LogP contribution in [0.3, 0.4) is 0 Å². The first-order chi connectivity index (χ1) is 8.06. The minimum Gasteiger partial charge on any atom is -0.371 e. The Bertz CT molecular complexity index is 481. The smallest absolute Gasteiger partial charge is 0.321 e. The predicted octanol–water partition coefficient (Wildman–Crippen LogP) is 1.72. The Morgan fingerprint density at radius 3 is 2.82 bits per heavy atom. The van der Waals surface area contributed by atoms with E-state index >= 15 is 0 Å². The van der Waals surface area contributed by atoms with E-state index in [0.717, 1.165) is 4.47 Å². The number of urea groups is 1. The van der Waals surface area contributed by atoms with Gasteiger partial charge in [-0.1, -0.05) is 27.5 Å². The number of carbonyl (C=O) groups is 2. The van der Waals surface area contributed by atoms with E-state index in [2.05, 4.69) is 31.9 Å². The third kappa shape index (κ3) is 2.89. The molecule has 0 aliphatic carbocycles. The summed E-state index contributed by atoms with van der Waals surface area (Å²) < 4.78 is 0.856. The van der Waals surface area contributed by atoms with Gasteiger partial charge in [-0.2, -0.15) is 0 Å². The Labute approximate surface area is 111 Å². The summed E-state index contributed by atoms with van der Waals surface area (Å²) in [6.45, 7) is 0.233. The van der Waals surface area contributed by atoms with Gasteiger partial charge in [0.2, 0.25) is 0 Å². The molecular weight excluding hydrogens is 309 g/mol. The van der Waals surface area contributed by atoms with E-state index in [0.29, 0.717) is 10.7 Å². The van der Waals surface area contributed by atoms with E-state index in [9.17, 15) is 9.59 Å². The van der Waals surface area contributed by atoms with Crippen LogP contribution in [0.2, 0.25) is 5.02 Å². The second kappa shape index (κ2) is 4.93. The average molecular weight is 319 g/mol. The van der Waals surface area contributed by atoms with Crippen molar-refractivity contribution in [2.24, 2.45) is 0 Å². The Morgan fingerprint density at radius 1 is 1.41 bits per heavy atom. The summed E-state index contributed by atoms with van der Waals surface area (Å²) in [6, 6.07) is 4.30. The monoisotopic (exact) mass is 317 g/mol. The van der Waals surface area contributed by atoms with Gasteiger partial charge < -0.3 is 10.6 Å². The van der Waals surface area contributed by atoms with Gasteiger partial charge in [0, 0.05) is 11.0 Å². The van der Waals surface area contributed by atoms with Gasteiger partial charge >= 0.3 is 6.03 Å². The van der Waals surface area contributed by atoms with Crippen molar-refractivity contribution in [3.63, 3.8) is 0 Å². The first-order valence-corrected chi connectivity index (χ1v) is 6.03. The maximum absolute atomic E-state index is 11.5. The summed E-state index contributed by atoms with van der Waals surface area (Å²) in [5, 5.41) is 8.18. The zero-order chi connectivity index (χ0) is 12.4. The molecule has 1 aromatic carbocycles. The summed E-state index contributed by atoms with van der Waals surface area (Å²) in [7, 11) is 0. The van der Waals surface area contributed by atoms with Gasteiger partial charge in [-0.3, -0.25) is 10.1 Å². The lowest BCUT2D eigenvalue weighted by Gasteiger charge is -2.24. The minimum absolute atomic E-state index is 0.233. The van der Waals surface area contributed by atoms with Gasteiger partial charge in [0.25, 0.3) is 5.91 Å². The molecule has 0 spiro atoms. The van der Waals surface area contributed by atoms with Crippen molar-refractivity contribution in [3.05, 3.63) is 27.7 Å². The fourth-order valence-electron chi connectivity index (χ4n) is 1.44. The molecule has 17 heavy (non-hydrogen) atoms. The first kappa shape index (κ1) is 12.2. The van der Waals surface area contributed by atoms with E-state index in [1.165, 1.54) is 0 Å². The first-order valence-electron chi connectivity index (χ1n) is 4.86. The minimum atomic E-state index is -0.522. The molecule has 1 aliphatic heterocycles.